The highest BCUT2D eigenvalue weighted by molar-refractivity contribution is 9.10. The van der Waals surface area contributed by atoms with Crippen LogP contribution in [0.5, 0.6) is 0 Å². The molecule has 0 aromatic heterocycles. The standard InChI is InChI=1S/C22H18BrN3O2S/c23-18-14-8-7-13-17(18)20(27)24-22(29)26-25-21(28)19(15-9-3-1-4-10-15)16-11-5-2-6-12-16/h1-14,19H,(H,25,28)(H2,24,26,27,29). The van der Waals surface area contributed by atoms with E-state index < -0.39 is 5.92 Å². The molecule has 0 atom stereocenters. The number of amides is 2. The van der Waals surface area contributed by atoms with Crippen molar-refractivity contribution in [1.82, 2.24) is 16.2 Å². The van der Waals surface area contributed by atoms with Gasteiger partial charge in [0.25, 0.3) is 5.91 Å². The molecule has 3 rings (SSSR count). The summed E-state index contributed by atoms with van der Waals surface area (Å²) in [6, 6.07) is 25.9. The molecule has 0 aliphatic rings. The number of hydrogen-bond acceptors (Lipinski definition) is 3. The summed E-state index contributed by atoms with van der Waals surface area (Å²) in [4.78, 5) is 25.2. The zero-order valence-corrected chi connectivity index (χ0v) is 17.7. The molecular formula is C22H18BrN3O2S. The van der Waals surface area contributed by atoms with E-state index in [0.717, 1.165) is 11.1 Å². The zero-order chi connectivity index (χ0) is 20.6. The predicted molar refractivity (Wildman–Crippen MR) is 120 cm³/mol. The Morgan fingerprint density at radius 2 is 1.28 bits per heavy atom. The molecule has 29 heavy (non-hydrogen) atoms. The number of hydrogen-bond donors (Lipinski definition) is 3. The molecule has 0 aliphatic carbocycles. The number of thiocarbonyl (C=S) groups is 1. The van der Waals surface area contributed by atoms with Crippen LogP contribution >= 0.6 is 28.1 Å². The lowest BCUT2D eigenvalue weighted by Crippen LogP contribution is -2.49. The van der Waals surface area contributed by atoms with E-state index in [1.165, 1.54) is 0 Å². The minimum atomic E-state index is -0.522. The first-order chi connectivity index (χ1) is 14.1. The molecule has 5 nitrogen and oxygen atoms in total. The molecule has 0 fully saturated rings. The quantitative estimate of drug-likeness (QED) is 0.401. The highest BCUT2D eigenvalue weighted by Gasteiger charge is 2.22. The van der Waals surface area contributed by atoms with Crippen LogP contribution < -0.4 is 16.2 Å². The summed E-state index contributed by atoms with van der Waals surface area (Å²) in [5.74, 6) is -1.20. The number of nitrogens with one attached hydrogen (secondary N) is 3. The summed E-state index contributed by atoms with van der Waals surface area (Å²) >= 11 is 8.46. The maximum absolute atomic E-state index is 12.9. The average Bonchev–Trinajstić information content (AvgIpc) is 2.74. The van der Waals surface area contributed by atoms with Crippen molar-refractivity contribution in [2.45, 2.75) is 5.92 Å². The molecule has 0 bridgehead atoms. The Morgan fingerprint density at radius 3 is 1.83 bits per heavy atom. The van der Waals surface area contributed by atoms with Crippen molar-refractivity contribution in [2.75, 3.05) is 0 Å². The summed E-state index contributed by atoms with van der Waals surface area (Å²) in [6.07, 6.45) is 0. The van der Waals surface area contributed by atoms with Crippen LogP contribution in [0.3, 0.4) is 0 Å². The van der Waals surface area contributed by atoms with Crippen molar-refractivity contribution in [2.24, 2.45) is 0 Å². The van der Waals surface area contributed by atoms with Gasteiger partial charge in [0.1, 0.15) is 0 Å². The third kappa shape index (κ3) is 5.49. The van der Waals surface area contributed by atoms with Gasteiger partial charge in [0.05, 0.1) is 11.5 Å². The lowest BCUT2D eigenvalue weighted by Gasteiger charge is -2.19. The largest absolute Gasteiger partial charge is 0.298 e. The maximum atomic E-state index is 12.9. The first-order valence-electron chi connectivity index (χ1n) is 8.82. The summed E-state index contributed by atoms with van der Waals surface area (Å²) < 4.78 is 0.651. The Morgan fingerprint density at radius 1 is 0.759 bits per heavy atom. The Balaban J connectivity index is 1.67. The van der Waals surface area contributed by atoms with Crippen LogP contribution in [0, 0.1) is 0 Å². The molecule has 2 amide bonds. The van der Waals surface area contributed by atoms with Crippen LogP contribution in [-0.2, 0) is 4.79 Å². The Hall–Kier alpha value is -3.03. The van der Waals surface area contributed by atoms with Gasteiger partial charge in [-0.2, -0.15) is 0 Å². The molecule has 0 unspecified atom stereocenters. The minimum Gasteiger partial charge on any atom is -0.298 e. The summed E-state index contributed by atoms with van der Waals surface area (Å²) in [6.45, 7) is 0. The van der Waals surface area contributed by atoms with Gasteiger partial charge < -0.3 is 0 Å². The van der Waals surface area contributed by atoms with Crippen LogP contribution in [0.2, 0.25) is 0 Å². The minimum absolute atomic E-state index is 0.000948. The Labute approximate surface area is 182 Å². The van der Waals surface area contributed by atoms with Crippen LogP contribution in [-0.4, -0.2) is 16.9 Å². The molecular weight excluding hydrogens is 450 g/mol. The topological polar surface area (TPSA) is 70.2 Å². The van der Waals surface area contributed by atoms with Gasteiger partial charge in [-0.05, 0) is 51.4 Å². The van der Waals surface area contributed by atoms with E-state index in [4.69, 9.17) is 12.2 Å². The van der Waals surface area contributed by atoms with Gasteiger partial charge in [-0.15, -0.1) is 0 Å². The van der Waals surface area contributed by atoms with E-state index in [1.54, 1.807) is 18.2 Å². The number of benzene rings is 3. The van der Waals surface area contributed by atoms with Gasteiger partial charge in [0.2, 0.25) is 5.91 Å². The van der Waals surface area contributed by atoms with Crippen molar-refractivity contribution in [3.8, 4) is 0 Å². The summed E-state index contributed by atoms with van der Waals surface area (Å²) in [5.41, 5.74) is 7.34. The number of hydrazine groups is 1. The van der Waals surface area contributed by atoms with E-state index in [-0.39, 0.29) is 16.9 Å². The Bertz CT molecular complexity index is 973. The molecule has 146 valence electrons. The first kappa shape index (κ1) is 20.7. The predicted octanol–water partition coefficient (Wildman–Crippen LogP) is 3.92. The van der Waals surface area contributed by atoms with Gasteiger partial charge in [0, 0.05) is 4.47 Å². The SMILES string of the molecule is O=C(NC(=S)NNC(=O)C(c1ccccc1)c1ccccc1)c1ccccc1Br. The number of carbonyl (C=O) groups is 2. The monoisotopic (exact) mass is 467 g/mol. The second-order valence-corrected chi connectivity index (χ2v) is 7.39. The molecule has 7 heteroatoms. The zero-order valence-electron chi connectivity index (χ0n) is 15.3. The molecule has 0 heterocycles. The number of carbonyl (C=O) groups excluding carboxylic acids is 2. The van der Waals surface area contributed by atoms with Crippen LogP contribution in [0.15, 0.2) is 89.4 Å². The van der Waals surface area contributed by atoms with Gasteiger partial charge in [-0.3, -0.25) is 25.8 Å². The number of rotatable bonds is 4. The van der Waals surface area contributed by atoms with Gasteiger partial charge >= 0.3 is 0 Å². The molecule has 3 N–H and O–H groups in total. The molecule has 0 saturated heterocycles. The van der Waals surface area contributed by atoms with Crippen LogP contribution in [0.25, 0.3) is 0 Å². The van der Waals surface area contributed by atoms with Gasteiger partial charge in [-0.1, -0.05) is 72.8 Å². The fraction of sp³-hybridized carbons (Fsp3) is 0.0455. The number of halogens is 1. The van der Waals surface area contributed by atoms with Crippen molar-refractivity contribution in [3.63, 3.8) is 0 Å². The first-order valence-corrected chi connectivity index (χ1v) is 10.0. The molecule has 0 aliphatic heterocycles. The smallest absolute Gasteiger partial charge is 0.258 e. The van der Waals surface area contributed by atoms with E-state index >= 15 is 0 Å². The van der Waals surface area contributed by atoms with Crippen molar-refractivity contribution in [1.29, 1.82) is 0 Å². The second kappa shape index (κ2) is 9.95. The highest BCUT2D eigenvalue weighted by atomic mass is 79.9. The fourth-order valence-electron chi connectivity index (χ4n) is 2.82. The molecule has 3 aromatic rings. The van der Waals surface area contributed by atoms with Gasteiger partial charge in [0.15, 0.2) is 5.11 Å². The van der Waals surface area contributed by atoms with Crippen LogP contribution in [0.1, 0.15) is 27.4 Å². The molecule has 3 aromatic carbocycles. The Kier molecular flexibility index (Phi) is 7.10. The fourth-order valence-corrected chi connectivity index (χ4v) is 3.43. The van der Waals surface area contributed by atoms with Crippen molar-refractivity contribution < 1.29 is 9.59 Å². The average molecular weight is 468 g/mol. The van der Waals surface area contributed by atoms with E-state index in [2.05, 4.69) is 32.1 Å². The van der Waals surface area contributed by atoms with Gasteiger partial charge in [-0.25, -0.2) is 0 Å². The normalized spacial score (nSPS) is 10.3. The molecule has 0 spiro atoms. The van der Waals surface area contributed by atoms with Crippen molar-refractivity contribution >= 4 is 45.1 Å². The van der Waals surface area contributed by atoms with E-state index in [0.29, 0.717) is 10.0 Å². The lowest BCUT2D eigenvalue weighted by atomic mass is 9.91. The second-order valence-electron chi connectivity index (χ2n) is 6.13. The molecule has 0 saturated carbocycles. The highest BCUT2D eigenvalue weighted by Crippen LogP contribution is 2.24. The lowest BCUT2D eigenvalue weighted by molar-refractivity contribution is -0.122. The molecule has 0 radical (unpaired) electrons. The maximum Gasteiger partial charge on any atom is 0.258 e. The van der Waals surface area contributed by atoms with E-state index in [9.17, 15) is 9.59 Å². The third-order valence-electron chi connectivity index (χ3n) is 4.17. The summed E-state index contributed by atoms with van der Waals surface area (Å²) in [5, 5.41) is 2.55. The van der Waals surface area contributed by atoms with E-state index in [1.807, 2.05) is 66.7 Å². The summed E-state index contributed by atoms with van der Waals surface area (Å²) in [7, 11) is 0. The van der Waals surface area contributed by atoms with Crippen LogP contribution in [0.4, 0.5) is 0 Å². The third-order valence-corrected chi connectivity index (χ3v) is 5.07. The van der Waals surface area contributed by atoms with Crippen molar-refractivity contribution in [3.05, 3.63) is 106 Å².